The van der Waals surface area contributed by atoms with Crippen LogP contribution in [0.15, 0.2) is 35.1 Å². The van der Waals surface area contributed by atoms with Crippen LogP contribution in [0.25, 0.3) is 10.9 Å². The lowest BCUT2D eigenvalue weighted by molar-refractivity contribution is -0.139. The molecule has 1 amide bonds. The summed E-state index contributed by atoms with van der Waals surface area (Å²) in [5.41, 5.74) is 0.360. The van der Waals surface area contributed by atoms with E-state index in [1.54, 1.807) is 24.3 Å². The number of amides is 1. The molecule has 0 aliphatic rings. The Bertz CT molecular complexity index is 751. The second-order valence-corrected chi connectivity index (χ2v) is 5.10. The fourth-order valence-electron chi connectivity index (χ4n) is 2.27. The number of fused-ring (bicyclic) bond motifs is 1. The van der Waals surface area contributed by atoms with Gasteiger partial charge in [0, 0.05) is 6.07 Å². The monoisotopic (exact) mass is 302 g/mol. The van der Waals surface area contributed by atoms with Crippen LogP contribution in [0.1, 0.15) is 36.5 Å². The van der Waals surface area contributed by atoms with Gasteiger partial charge in [-0.05, 0) is 23.9 Å². The first-order chi connectivity index (χ1) is 10.5. The van der Waals surface area contributed by atoms with Gasteiger partial charge in [0.2, 0.25) is 5.56 Å². The molecule has 0 aliphatic heterocycles. The molecule has 22 heavy (non-hydrogen) atoms. The molecule has 0 radical (unpaired) electrons. The Morgan fingerprint density at radius 3 is 2.73 bits per heavy atom. The molecule has 6 heteroatoms. The number of H-pyrrole nitrogens is 1. The van der Waals surface area contributed by atoms with Crippen molar-refractivity contribution in [1.29, 1.82) is 0 Å². The van der Waals surface area contributed by atoms with Crippen LogP contribution in [-0.4, -0.2) is 28.0 Å². The number of para-hydroxylation sites is 1. The lowest BCUT2D eigenvalue weighted by Gasteiger charge is -2.14. The number of aromatic amines is 1. The number of benzene rings is 1. The van der Waals surface area contributed by atoms with Gasteiger partial charge in [-0.1, -0.05) is 31.9 Å². The third-order valence-corrected chi connectivity index (χ3v) is 3.45. The van der Waals surface area contributed by atoms with E-state index in [1.165, 1.54) is 6.07 Å². The fourth-order valence-corrected chi connectivity index (χ4v) is 2.27. The smallest absolute Gasteiger partial charge is 0.326 e. The quantitative estimate of drug-likeness (QED) is 0.759. The first kappa shape index (κ1) is 15.8. The number of aliphatic carboxylic acids is 1. The van der Waals surface area contributed by atoms with Crippen molar-refractivity contribution >= 4 is 22.8 Å². The number of unbranched alkanes of at least 4 members (excludes halogenated alkanes) is 1. The molecule has 0 unspecified atom stereocenters. The summed E-state index contributed by atoms with van der Waals surface area (Å²) in [6.07, 6.45) is 1.93. The minimum Gasteiger partial charge on any atom is -0.480 e. The predicted octanol–water partition coefficient (Wildman–Crippen LogP) is 1.90. The van der Waals surface area contributed by atoms with Crippen LogP contribution in [-0.2, 0) is 4.79 Å². The summed E-state index contributed by atoms with van der Waals surface area (Å²) in [4.78, 5) is 37.6. The average molecular weight is 302 g/mol. The number of pyridine rings is 1. The molecule has 0 spiro atoms. The second kappa shape index (κ2) is 6.89. The molecule has 3 N–H and O–H groups in total. The third kappa shape index (κ3) is 3.52. The zero-order chi connectivity index (χ0) is 16.1. The highest BCUT2D eigenvalue weighted by atomic mass is 16.4. The normalized spacial score (nSPS) is 12.0. The highest BCUT2D eigenvalue weighted by Gasteiger charge is 2.21. The number of carbonyl (C=O) groups is 2. The van der Waals surface area contributed by atoms with Crippen LogP contribution in [0.3, 0.4) is 0 Å². The average Bonchev–Trinajstić information content (AvgIpc) is 2.50. The van der Waals surface area contributed by atoms with Gasteiger partial charge >= 0.3 is 5.97 Å². The third-order valence-electron chi connectivity index (χ3n) is 3.45. The SMILES string of the molecule is CCCC[C@H](NC(=O)c1cccc2ccc(=O)[nH]c12)C(=O)O. The lowest BCUT2D eigenvalue weighted by Crippen LogP contribution is -2.40. The van der Waals surface area contributed by atoms with Crippen molar-refractivity contribution in [2.45, 2.75) is 32.2 Å². The topological polar surface area (TPSA) is 99.3 Å². The summed E-state index contributed by atoms with van der Waals surface area (Å²) in [7, 11) is 0. The number of aromatic nitrogens is 1. The highest BCUT2D eigenvalue weighted by molar-refractivity contribution is 6.06. The van der Waals surface area contributed by atoms with E-state index in [2.05, 4.69) is 10.3 Å². The van der Waals surface area contributed by atoms with Gasteiger partial charge in [0.1, 0.15) is 6.04 Å². The fraction of sp³-hybridized carbons (Fsp3) is 0.312. The van der Waals surface area contributed by atoms with E-state index in [0.717, 1.165) is 6.42 Å². The van der Waals surface area contributed by atoms with Gasteiger partial charge in [-0.15, -0.1) is 0 Å². The maximum Gasteiger partial charge on any atom is 0.326 e. The summed E-state index contributed by atoms with van der Waals surface area (Å²) in [5, 5.41) is 12.4. The number of rotatable bonds is 6. The van der Waals surface area contributed by atoms with E-state index < -0.39 is 17.9 Å². The minimum atomic E-state index is -1.06. The van der Waals surface area contributed by atoms with E-state index in [9.17, 15) is 19.5 Å². The van der Waals surface area contributed by atoms with Crippen molar-refractivity contribution < 1.29 is 14.7 Å². The van der Waals surface area contributed by atoms with Gasteiger partial charge in [0.25, 0.3) is 5.91 Å². The van der Waals surface area contributed by atoms with E-state index in [-0.39, 0.29) is 11.1 Å². The Kier molecular flexibility index (Phi) is 4.93. The van der Waals surface area contributed by atoms with Crippen molar-refractivity contribution in [3.05, 3.63) is 46.2 Å². The maximum atomic E-state index is 12.4. The van der Waals surface area contributed by atoms with E-state index in [1.807, 2.05) is 6.92 Å². The van der Waals surface area contributed by atoms with Crippen molar-refractivity contribution in [3.63, 3.8) is 0 Å². The number of carboxylic acid groups (broad SMARTS) is 1. The minimum absolute atomic E-state index is 0.262. The largest absolute Gasteiger partial charge is 0.480 e. The molecule has 0 saturated heterocycles. The number of carbonyl (C=O) groups excluding carboxylic acids is 1. The van der Waals surface area contributed by atoms with Gasteiger partial charge < -0.3 is 15.4 Å². The Balaban J connectivity index is 2.31. The molecule has 1 aromatic carbocycles. The van der Waals surface area contributed by atoms with Crippen LogP contribution >= 0.6 is 0 Å². The van der Waals surface area contributed by atoms with Gasteiger partial charge in [-0.3, -0.25) is 9.59 Å². The Hall–Kier alpha value is -2.63. The van der Waals surface area contributed by atoms with E-state index in [0.29, 0.717) is 23.7 Å². The molecule has 2 rings (SSSR count). The van der Waals surface area contributed by atoms with E-state index >= 15 is 0 Å². The number of nitrogens with one attached hydrogen (secondary N) is 2. The molecule has 1 heterocycles. The molecule has 1 atom stereocenters. The Morgan fingerprint density at radius 2 is 2.05 bits per heavy atom. The molecular formula is C16H18N2O4. The first-order valence-electron chi connectivity index (χ1n) is 7.18. The number of carboxylic acids is 1. The van der Waals surface area contributed by atoms with E-state index in [4.69, 9.17) is 0 Å². The van der Waals surface area contributed by atoms with Crippen molar-refractivity contribution in [3.8, 4) is 0 Å². The molecule has 1 aromatic heterocycles. The molecular weight excluding hydrogens is 284 g/mol. The van der Waals surface area contributed by atoms with Crippen LogP contribution in [0, 0.1) is 0 Å². The van der Waals surface area contributed by atoms with Gasteiger partial charge in [-0.2, -0.15) is 0 Å². The van der Waals surface area contributed by atoms with Gasteiger partial charge in [0.15, 0.2) is 0 Å². The van der Waals surface area contributed by atoms with Crippen molar-refractivity contribution in [1.82, 2.24) is 10.3 Å². The van der Waals surface area contributed by atoms with Crippen LogP contribution in [0.2, 0.25) is 0 Å². The van der Waals surface area contributed by atoms with Gasteiger partial charge in [0.05, 0.1) is 11.1 Å². The summed E-state index contributed by atoms with van der Waals surface area (Å²) < 4.78 is 0. The highest BCUT2D eigenvalue weighted by Crippen LogP contribution is 2.15. The molecule has 0 bridgehead atoms. The second-order valence-electron chi connectivity index (χ2n) is 5.10. The van der Waals surface area contributed by atoms with Crippen LogP contribution < -0.4 is 10.9 Å². The summed E-state index contributed by atoms with van der Waals surface area (Å²) in [6.45, 7) is 1.95. The van der Waals surface area contributed by atoms with Crippen LogP contribution in [0.5, 0.6) is 0 Å². The number of hydrogen-bond acceptors (Lipinski definition) is 3. The van der Waals surface area contributed by atoms with Crippen molar-refractivity contribution in [2.75, 3.05) is 0 Å². The summed E-state index contributed by atoms with van der Waals surface area (Å²) >= 11 is 0. The molecule has 0 saturated carbocycles. The Labute approximate surface area is 127 Å². The first-order valence-corrected chi connectivity index (χ1v) is 7.18. The van der Waals surface area contributed by atoms with Crippen LogP contribution in [0.4, 0.5) is 0 Å². The molecule has 0 aliphatic carbocycles. The maximum absolute atomic E-state index is 12.4. The predicted molar refractivity (Wildman–Crippen MR) is 83.0 cm³/mol. The molecule has 0 fully saturated rings. The number of hydrogen-bond donors (Lipinski definition) is 3. The zero-order valence-corrected chi connectivity index (χ0v) is 12.3. The molecule has 2 aromatic rings. The summed E-state index contributed by atoms with van der Waals surface area (Å²) in [5.74, 6) is -1.56. The standard InChI is InChI=1S/C16H18N2O4/c1-2-3-7-12(16(21)22)17-15(20)11-6-4-5-10-8-9-13(19)18-14(10)11/h4-6,8-9,12H,2-3,7H2,1H3,(H,17,20)(H,18,19)(H,21,22)/t12-/m0/s1. The lowest BCUT2D eigenvalue weighted by atomic mass is 10.1. The summed E-state index contributed by atoms with van der Waals surface area (Å²) in [6, 6.07) is 7.10. The molecule has 6 nitrogen and oxygen atoms in total. The zero-order valence-electron chi connectivity index (χ0n) is 12.3. The molecule has 116 valence electrons. The van der Waals surface area contributed by atoms with Crippen molar-refractivity contribution in [2.24, 2.45) is 0 Å². The Morgan fingerprint density at radius 1 is 1.27 bits per heavy atom. The van der Waals surface area contributed by atoms with Gasteiger partial charge in [-0.25, -0.2) is 4.79 Å².